The molecule has 30 heavy (non-hydrogen) atoms. The molecule has 0 bridgehead atoms. The maximum absolute atomic E-state index is 12.3. The van der Waals surface area contributed by atoms with E-state index < -0.39 is 5.97 Å². The lowest BCUT2D eigenvalue weighted by Gasteiger charge is -2.14. The number of carbonyl (C=O) groups is 2. The molecule has 1 amide bonds. The second kappa shape index (κ2) is 9.58. The number of carbonyl (C=O) groups excluding carboxylic acids is 2. The summed E-state index contributed by atoms with van der Waals surface area (Å²) in [5, 5.41) is 0. The van der Waals surface area contributed by atoms with E-state index in [-0.39, 0.29) is 24.1 Å². The van der Waals surface area contributed by atoms with E-state index in [1.165, 1.54) is 4.90 Å². The summed E-state index contributed by atoms with van der Waals surface area (Å²) in [7, 11) is 3.32. The molecule has 7 nitrogen and oxygen atoms in total. The van der Waals surface area contributed by atoms with E-state index in [0.717, 1.165) is 4.47 Å². The SMILES string of the molecule is CCOc1cc(C=C2N=C(c3cccc(Br)c3)OC2=O)ccc1OCC(=O)N(C)C. The largest absolute Gasteiger partial charge is 0.490 e. The molecule has 1 aliphatic rings. The number of benzene rings is 2. The van der Waals surface area contributed by atoms with E-state index in [2.05, 4.69) is 20.9 Å². The lowest BCUT2D eigenvalue weighted by atomic mass is 10.1. The van der Waals surface area contributed by atoms with Crippen LogP contribution in [0.4, 0.5) is 0 Å². The van der Waals surface area contributed by atoms with Crippen molar-refractivity contribution in [2.24, 2.45) is 4.99 Å². The van der Waals surface area contributed by atoms with Gasteiger partial charge in [-0.15, -0.1) is 0 Å². The summed E-state index contributed by atoms with van der Waals surface area (Å²) < 4.78 is 17.4. The van der Waals surface area contributed by atoms with Crippen LogP contribution < -0.4 is 9.47 Å². The zero-order chi connectivity index (χ0) is 21.7. The van der Waals surface area contributed by atoms with Crippen LogP contribution in [0.25, 0.3) is 6.08 Å². The highest BCUT2D eigenvalue weighted by Gasteiger charge is 2.24. The summed E-state index contributed by atoms with van der Waals surface area (Å²) >= 11 is 3.39. The lowest BCUT2D eigenvalue weighted by Crippen LogP contribution is -2.27. The molecule has 0 fully saturated rings. The Morgan fingerprint density at radius 3 is 2.67 bits per heavy atom. The van der Waals surface area contributed by atoms with Gasteiger partial charge in [-0.25, -0.2) is 9.79 Å². The maximum atomic E-state index is 12.3. The van der Waals surface area contributed by atoms with Gasteiger partial charge in [0.2, 0.25) is 5.90 Å². The van der Waals surface area contributed by atoms with Gasteiger partial charge in [0.1, 0.15) is 0 Å². The van der Waals surface area contributed by atoms with Gasteiger partial charge >= 0.3 is 5.97 Å². The summed E-state index contributed by atoms with van der Waals surface area (Å²) in [5.74, 6) is 0.480. The second-order valence-electron chi connectivity index (χ2n) is 6.56. The van der Waals surface area contributed by atoms with Crippen molar-refractivity contribution < 1.29 is 23.8 Å². The van der Waals surface area contributed by atoms with Gasteiger partial charge in [-0.3, -0.25) is 4.79 Å². The number of hydrogen-bond acceptors (Lipinski definition) is 6. The first-order valence-electron chi connectivity index (χ1n) is 9.25. The van der Waals surface area contributed by atoms with E-state index >= 15 is 0 Å². The van der Waals surface area contributed by atoms with Gasteiger partial charge in [-0.2, -0.15) is 0 Å². The number of aliphatic imine (C=N–C) groups is 1. The Balaban J connectivity index is 1.84. The number of nitrogens with zero attached hydrogens (tertiary/aromatic N) is 2. The van der Waals surface area contributed by atoms with Crippen LogP contribution in [0.5, 0.6) is 11.5 Å². The third kappa shape index (κ3) is 5.27. The summed E-state index contributed by atoms with van der Waals surface area (Å²) in [6, 6.07) is 12.5. The molecule has 2 aromatic rings. The number of amides is 1. The van der Waals surface area contributed by atoms with Crippen LogP contribution in [-0.4, -0.2) is 50.0 Å². The van der Waals surface area contributed by atoms with Gasteiger partial charge in [-0.1, -0.05) is 28.1 Å². The third-order valence-corrected chi connectivity index (χ3v) is 4.61. The van der Waals surface area contributed by atoms with E-state index in [0.29, 0.717) is 29.2 Å². The number of likely N-dealkylation sites (N-methyl/N-ethyl adjacent to an activating group) is 1. The predicted octanol–water partition coefficient (Wildman–Crippen LogP) is 3.66. The average molecular weight is 473 g/mol. The fourth-order valence-corrected chi connectivity index (χ4v) is 2.98. The first-order valence-corrected chi connectivity index (χ1v) is 10.0. The average Bonchev–Trinajstić information content (AvgIpc) is 3.07. The van der Waals surface area contributed by atoms with Crippen LogP contribution in [0.3, 0.4) is 0 Å². The minimum Gasteiger partial charge on any atom is -0.490 e. The zero-order valence-corrected chi connectivity index (χ0v) is 18.4. The summed E-state index contributed by atoms with van der Waals surface area (Å²) in [6.45, 7) is 2.17. The van der Waals surface area contributed by atoms with Crippen molar-refractivity contribution in [3.63, 3.8) is 0 Å². The van der Waals surface area contributed by atoms with Crippen LogP contribution >= 0.6 is 15.9 Å². The number of halogens is 1. The van der Waals surface area contributed by atoms with Crippen molar-refractivity contribution in [1.82, 2.24) is 4.90 Å². The Labute approximate surface area is 183 Å². The lowest BCUT2D eigenvalue weighted by molar-refractivity contribution is -0.131. The molecule has 1 heterocycles. The van der Waals surface area contributed by atoms with Crippen molar-refractivity contribution in [3.8, 4) is 11.5 Å². The maximum Gasteiger partial charge on any atom is 0.363 e. The minimum atomic E-state index is -0.528. The molecule has 2 aromatic carbocycles. The van der Waals surface area contributed by atoms with Crippen LogP contribution in [0.1, 0.15) is 18.1 Å². The highest BCUT2D eigenvalue weighted by Crippen LogP contribution is 2.30. The van der Waals surface area contributed by atoms with E-state index in [1.807, 2.05) is 31.2 Å². The molecule has 0 N–H and O–H groups in total. The zero-order valence-electron chi connectivity index (χ0n) is 16.8. The molecule has 1 aliphatic heterocycles. The van der Waals surface area contributed by atoms with Crippen LogP contribution in [0.2, 0.25) is 0 Å². The topological polar surface area (TPSA) is 77.4 Å². The first-order chi connectivity index (χ1) is 14.4. The molecule has 3 rings (SSSR count). The molecule has 0 saturated carbocycles. The van der Waals surface area contributed by atoms with Crippen LogP contribution in [0.15, 0.2) is 57.6 Å². The minimum absolute atomic E-state index is 0.0971. The van der Waals surface area contributed by atoms with Crippen LogP contribution in [-0.2, 0) is 14.3 Å². The molecule has 0 aliphatic carbocycles. The number of cyclic esters (lactones) is 1. The molecule has 0 atom stereocenters. The number of ether oxygens (including phenoxy) is 3. The van der Waals surface area contributed by atoms with Crippen molar-refractivity contribution in [2.45, 2.75) is 6.92 Å². The monoisotopic (exact) mass is 472 g/mol. The van der Waals surface area contributed by atoms with E-state index in [1.54, 1.807) is 38.4 Å². The quantitative estimate of drug-likeness (QED) is 0.453. The summed E-state index contributed by atoms with van der Waals surface area (Å²) in [5.41, 5.74) is 1.57. The van der Waals surface area contributed by atoms with Gasteiger partial charge in [0.05, 0.1) is 6.61 Å². The molecule has 0 radical (unpaired) electrons. The molecule has 0 aromatic heterocycles. The normalized spacial score (nSPS) is 14.3. The number of rotatable bonds is 7. The van der Waals surface area contributed by atoms with Gasteiger partial charge in [-0.05, 0) is 48.9 Å². The Kier molecular flexibility index (Phi) is 6.89. The van der Waals surface area contributed by atoms with Crippen molar-refractivity contribution in [1.29, 1.82) is 0 Å². The molecular formula is C22H21BrN2O5. The molecule has 0 spiro atoms. The van der Waals surface area contributed by atoms with Crippen molar-refractivity contribution in [2.75, 3.05) is 27.3 Å². The number of hydrogen-bond donors (Lipinski definition) is 0. The van der Waals surface area contributed by atoms with Crippen molar-refractivity contribution in [3.05, 3.63) is 63.8 Å². The second-order valence-corrected chi connectivity index (χ2v) is 7.48. The molecular weight excluding hydrogens is 452 g/mol. The van der Waals surface area contributed by atoms with Gasteiger partial charge in [0.25, 0.3) is 5.91 Å². The van der Waals surface area contributed by atoms with E-state index in [9.17, 15) is 9.59 Å². The highest BCUT2D eigenvalue weighted by molar-refractivity contribution is 9.10. The van der Waals surface area contributed by atoms with E-state index in [4.69, 9.17) is 14.2 Å². The van der Waals surface area contributed by atoms with Gasteiger partial charge < -0.3 is 19.1 Å². The van der Waals surface area contributed by atoms with Crippen LogP contribution in [0, 0.1) is 0 Å². The Bertz CT molecular complexity index is 1030. The Hall–Kier alpha value is -3.13. The third-order valence-electron chi connectivity index (χ3n) is 4.11. The summed E-state index contributed by atoms with van der Waals surface area (Å²) in [6.07, 6.45) is 1.62. The molecule has 156 valence electrons. The van der Waals surface area contributed by atoms with Crippen molar-refractivity contribution >= 4 is 39.8 Å². The summed E-state index contributed by atoms with van der Waals surface area (Å²) in [4.78, 5) is 29.8. The highest BCUT2D eigenvalue weighted by atomic mass is 79.9. The first kappa shape index (κ1) is 21.6. The molecule has 8 heteroatoms. The predicted molar refractivity (Wildman–Crippen MR) is 117 cm³/mol. The van der Waals surface area contributed by atoms with Gasteiger partial charge in [0, 0.05) is 24.1 Å². The molecule has 0 saturated heterocycles. The smallest absolute Gasteiger partial charge is 0.363 e. The fourth-order valence-electron chi connectivity index (χ4n) is 2.58. The van der Waals surface area contributed by atoms with Gasteiger partial charge in [0.15, 0.2) is 23.8 Å². The Morgan fingerprint density at radius 2 is 1.97 bits per heavy atom. The Morgan fingerprint density at radius 1 is 1.17 bits per heavy atom. The fraction of sp³-hybridized carbons (Fsp3) is 0.227. The molecule has 0 unspecified atom stereocenters. The standard InChI is InChI=1S/C22H21BrN2O5/c1-4-28-19-11-14(8-9-18(19)29-13-20(26)25(2)3)10-17-22(27)30-21(24-17)15-6-5-7-16(23)12-15/h5-12H,4,13H2,1-3H3. The number of esters is 1.